The molecule has 1 aromatic heterocycles. The van der Waals surface area contributed by atoms with E-state index in [0.29, 0.717) is 5.82 Å². The van der Waals surface area contributed by atoms with Crippen LogP contribution in [-0.2, 0) is 7.05 Å². The molecular weight excluding hydrogens is 206 g/mol. The second kappa shape index (κ2) is 4.18. The number of tetrazole rings is 1. The number of aromatic nitrogens is 4. The summed E-state index contributed by atoms with van der Waals surface area (Å²) in [5.41, 5.74) is 1.87. The van der Waals surface area contributed by atoms with Crippen molar-refractivity contribution in [3.8, 4) is 0 Å². The van der Waals surface area contributed by atoms with E-state index in [1.54, 1.807) is 7.05 Å². The van der Waals surface area contributed by atoms with E-state index in [9.17, 15) is 4.91 Å². The van der Waals surface area contributed by atoms with Crippen LogP contribution in [0, 0.1) is 11.8 Å². The topological polar surface area (TPSA) is 73.0 Å². The molecule has 1 aromatic carbocycles. The molecule has 2 rings (SSSR count). The van der Waals surface area contributed by atoms with Gasteiger partial charge in [-0.05, 0) is 22.9 Å². The standard InChI is InChI=1S/C10H11N5O/c1-7-4-3-5-8(6-7)9(12-16)10-11-13-14-15(10)2/h3-6,9H,1-2H3. The predicted molar refractivity (Wildman–Crippen MR) is 57.6 cm³/mol. The first-order valence-electron chi connectivity index (χ1n) is 4.83. The minimum absolute atomic E-state index is 0.445. The molecule has 1 unspecified atom stereocenters. The second-order valence-corrected chi connectivity index (χ2v) is 3.58. The predicted octanol–water partition coefficient (Wildman–Crippen LogP) is 1.37. The van der Waals surface area contributed by atoms with Crippen LogP contribution in [0.3, 0.4) is 0 Å². The highest BCUT2D eigenvalue weighted by molar-refractivity contribution is 5.28. The maximum absolute atomic E-state index is 10.9. The van der Waals surface area contributed by atoms with Gasteiger partial charge in [0.2, 0.25) is 0 Å². The van der Waals surface area contributed by atoms with Crippen LogP contribution in [0.5, 0.6) is 0 Å². The van der Waals surface area contributed by atoms with Gasteiger partial charge in [-0.3, -0.25) is 0 Å². The molecular formula is C10H11N5O. The summed E-state index contributed by atoms with van der Waals surface area (Å²) in [4.78, 5) is 10.9. The number of hydrogen-bond acceptors (Lipinski definition) is 5. The van der Waals surface area contributed by atoms with Crippen molar-refractivity contribution in [3.63, 3.8) is 0 Å². The normalized spacial score (nSPS) is 12.4. The number of benzene rings is 1. The number of nitroso groups, excluding NO2 is 1. The average molecular weight is 217 g/mol. The van der Waals surface area contributed by atoms with E-state index < -0.39 is 6.04 Å². The van der Waals surface area contributed by atoms with Gasteiger partial charge in [0, 0.05) is 7.05 Å². The molecule has 0 N–H and O–H groups in total. The smallest absolute Gasteiger partial charge is 0.183 e. The second-order valence-electron chi connectivity index (χ2n) is 3.58. The van der Waals surface area contributed by atoms with Gasteiger partial charge in [0.1, 0.15) is 0 Å². The van der Waals surface area contributed by atoms with Gasteiger partial charge in [0.25, 0.3) is 0 Å². The van der Waals surface area contributed by atoms with Gasteiger partial charge in [-0.15, -0.1) is 10.0 Å². The minimum Gasteiger partial charge on any atom is -0.230 e. The van der Waals surface area contributed by atoms with Crippen LogP contribution < -0.4 is 0 Å². The quantitative estimate of drug-likeness (QED) is 0.728. The Kier molecular flexibility index (Phi) is 2.72. The van der Waals surface area contributed by atoms with Crippen molar-refractivity contribution in [1.29, 1.82) is 0 Å². The highest BCUT2D eigenvalue weighted by Gasteiger charge is 2.20. The van der Waals surface area contributed by atoms with E-state index in [-0.39, 0.29) is 0 Å². The van der Waals surface area contributed by atoms with Crippen molar-refractivity contribution in [2.75, 3.05) is 0 Å². The van der Waals surface area contributed by atoms with Crippen LogP contribution in [0.2, 0.25) is 0 Å². The lowest BCUT2D eigenvalue weighted by Crippen LogP contribution is -2.06. The van der Waals surface area contributed by atoms with Gasteiger partial charge in [-0.2, -0.15) is 0 Å². The van der Waals surface area contributed by atoms with Crippen LogP contribution in [0.15, 0.2) is 29.4 Å². The zero-order chi connectivity index (χ0) is 11.5. The van der Waals surface area contributed by atoms with Gasteiger partial charge < -0.3 is 0 Å². The summed E-state index contributed by atoms with van der Waals surface area (Å²) in [6, 6.07) is 6.93. The van der Waals surface area contributed by atoms with Crippen LogP contribution in [0.25, 0.3) is 0 Å². The Morgan fingerprint density at radius 3 is 2.81 bits per heavy atom. The summed E-state index contributed by atoms with van der Waals surface area (Å²) in [5, 5.41) is 14.1. The molecule has 1 heterocycles. The van der Waals surface area contributed by atoms with E-state index >= 15 is 0 Å². The van der Waals surface area contributed by atoms with Crippen molar-refractivity contribution in [1.82, 2.24) is 20.2 Å². The molecule has 0 aliphatic carbocycles. The fraction of sp³-hybridized carbons (Fsp3) is 0.300. The number of rotatable bonds is 3. The summed E-state index contributed by atoms with van der Waals surface area (Å²) in [6.45, 7) is 1.96. The van der Waals surface area contributed by atoms with Crippen LogP contribution >= 0.6 is 0 Å². The molecule has 0 bridgehead atoms. The summed E-state index contributed by atoms with van der Waals surface area (Å²) >= 11 is 0. The molecule has 6 heteroatoms. The molecule has 0 spiro atoms. The van der Waals surface area contributed by atoms with E-state index in [2.05, 4.69) is 20.7 Å². The van der Waals surface area contributed by atoms with Crippen molar-refractivity contribution in [2.45, 2.75) is 13.0 Å². The lowest BCUT2D eigenvalue weighted by Gasteiger charge is -2.07. The molecule has 0 amide bonds. The average Bonchev–Trinajstić information content (AvgIpc) is 2.67. The van der Waals surface area contributed by atoms with Gasteiger partial charge in [-0.25, -0.2) is 4.68 Å². The van der Waals surface area contributed by atoms with Crippen molar-refractivity contribution < 1.29 is 0 Å². The molecule has 2 aromatic rings. The molecule has 6 nitrogen and oxygen atoms in total. The van der Waals surface area contributed by atoms with E-state index in [1.165, 1.54) is 4.68 Å². The SMILES string of the molecule is Cc1cccc(C(N=O)c2nnnn2C)c1. The molecule has 0 saturated heterocycles. The van der Waals surface area contributed by atoms with Gasteiger partial charge in [0.05, 0.1) is 0 Å². The van der Waals surface area contributed by atoms with Crippen molar-refractivity contribution in [3.05, 3.63) is 46.1 Å². The molecule has 16 heavy (non-hydrogen) atoms. The first kappa shape index (κ1) is 10.4. The van der Waals surface area contributed by atoms with Crippen LogP contribution in [0.4, 0.5) is 0 Å². The first-order chi connectivity index (χ1) is 7.72. The highest BCUT2D eigenvalue weighted by atomic mass is 16.3. The largest absolute Gasteiger partial charge is 0.230 e. The Balaban J connectivity index is 2.44. The third kappa shape index (κ3) is 1.81. The van der Waals surface area contributed by atoms with Gasteiger partial charge in [0.15, 0.2) is 11.9 Å². The Hall–Kier alpha value is -2.11. The lowest BCUT2D eigenvalue weighted by molar-refractivity contribution is 0.647. The Morgan fingerprint density at radius 1 is 1.44 bits per heavy atom. The van der Waals surface area contributed by atoms with E-state index in [0.717, 1.165) is 11.1 Å². The van der Waals surface area contributed by atoms with Crippen LogP contribution in [0.1, 0.15) is 23.0 Å². The Morgan fingerprint density at radius 2 is 2.25 bits per heavy atom. The lowest BCUT2D eigenvalue weighted by atomic mass is 10.0. The first-order valence-corrected chi connectivity index (χ1v) is 4.83. The Bertz CT molecular complexity index is 507. The maximum Gasteiger partial charge on any atom is 0.183 e. The summed E-state index contributed by atoms with van der Waals surface area (Å²) in [7, 11) is 1.68. The van der Waals surface area contributed by atoms with Crippen molar-refractivity contribution >= 4 is 0 Å². The van der Waals surface area contributed by atoms with Crippen LogP contribution in [-0.4, -0.2) is 20.2 Å². The maximum atomic E-state index is 10.9. The number of aryl methyl sites for hydroxylation is 2. The van der Waals surface area contributed by atoms with Crippen molar-refractivity contribution in [2.24, 2.45) is 12.2 Å². The summed E-state index contributed by atoms with van der Waals surface area (Å²) in [5.74, 6) is 0.445. The molecule has 1 atom stereocenters. The fourth-order valence-corrected chi connectivity index (χ4v) is 1.57. The molecule has 0 aliphatic heterocycles. The molecule has 0 aliphatic rings. The van der Waals surface area contributed by atoms with E-state index in [1.807, 2.05) is 31.2 Å². The fourth-order valence-electron chi connectivity index (χ4n) is 1.57. The number of hydrogen-bond donors (Lipinski definition) is 0. The molecule has 0 fully saturated rings. The summed E-state index contributed by atoms with van der Waals surface area (Å²) < 4.78 is 1.45. The number of nitrogens with zero attached hydrogens (tertiary/aromatic N) is 5. The Labute approximate surface area is 92.3 Å². The zero-order valence-electron chi connectivity index (χ0n) is 9.03. The summed E-state index contributed by atoms with van der Waals surface area (Å²) in [6.07, 6.45) is 0. The highest BCUT2D eigenvalue weighted by Crippen LogP contribution is 2.23. The third-order valence-electron chi connectivity index (χ3n) is 2.36. The van der Waals surface area contributed by atoms with Gasteiger partial charge in [-0.1, -0.05) is 35.0 Å². The molecule has 0 radical (unpaired) electrons. The molecule has 0 saturated carbocycles. The third-order valence-corrected chi connectivity index (χ3v) is 2.36. The van der Waals surface area contributed by atoms with Gasteiger partial charge >= 0.3 is 0 Å². The molecule has 82 valence electrons. The minimum atomic E-state index is -0.653. The zero-order valence-corrected chi connectivity index (χ0v) is 9.03. The van der Waals surface area contributed by atoms with E-state index in [4.69, 9.17) is 0 Å². The monoisotopic (exact) mass is 217 g/mol.